The van der Waals surface area contributed by atoms with Gasteiger partial charge in [0, 0.05) is 5.02 Å². The Bertz CT molecular complexity index is 528. The molecule has 0 spiro atoms. The second-order valence-corrected chi connectivity index (χ2v) is 4.88. The first-order valence-corrected chi connectivity index (χ1v) is 6.69. The van der Waals surface area contributed by atoms with Crippen LogP contribution in [0.15, 0.2) is 48.5 Å². The van der Waals surface area contributed by atoms with Crippen LogP contribution in [-0.2, 0) is 0 Å². The Kier molecular flexibility index (Phi) is 4.83. The van der Waals surface area contributed by atoms with Crippen molar-refractivity contribution in [2.75, 3.05) is 13.7 Å². The van der Waals surface area contributed by atoms with E-state index in [0.29, 0.717) is 6.61 Å². The van der Waals surface area contributed by atoms with E-state index in [-0.39, 0.29) is 6.04 Å². The van der Waals surface area contributed by atoms with E-state index < -0.39 is 0 Å². The molecule has 2 aromatic carbocycles. The molecule has 1 unspecified atom stereocenters. The number of hydrogen-bond acceptors (Lipinski definition) is 2. The molecule has 0 aliphatic carbocycles. The summed E-state index contributed by atoms with van der Waals surface area (Å²) in [4.78, 5) is 0. The molecular weight excluding hydrogens is 258 g/mol. The Morgan fingerprint density at radius 3 is 2.53 bits per heavy atom. The van der Waals surface area contributed by atoms with Gasteiger partial charge < -0.3 is 10.1 Å². The van der Waals surface area contributed by atoms with Crippen molar-refractivity contribution in [1.82, 2.24) is 5.32 Å². The maximum atomic E-state index is 6.00. The highest BCUT2D eigenvalue weighted by Gasteiger charge is 2.09. The summed E-state index contributed by atoms with van der Waals surface area (Å²) in [6.45, 7) is 2.56. The lowest BCUT2D eigenvalue weighted by Gasteiger charge is -2.17. The second-order valence-electron chi connectivity index (χ2n) is 4.47. The summed E-state index contributed by atoms with van der Waals surface area (Å²) in [5.74, 6) is 0.845. The van der Waals surface area contributed by atoms with Gasteiger partial charge in [-0.05, 0) is 43.3 Å². The Labute approximate surface area is 119 Å². The van der Waals surface area contributed by atoms with Gasteiger partial charge in [-0.15, -0.1) is 0 Å². The van der Waals surface area contributed by atoms with Crippen LogP contribution in [0.3, 0.4) is 0 Å². The van der Waals surface area contributed by atoms with Crippen LogP contribution in [0.2, 0.25) is 5.02 Å². The molecule has 0 amide bonds. The van der Waals surface area contributed by atoms with E-state index >= 15 is 0 Å². The van der Waals surface area contributed by atoms with E-state index in [9.17, 15) is 0 Å². The van der Waals surface area contributed by atoms with Crippen LogP contribution in [-0.4, -0.2) is 13.7 Å². The Balaban J connectivity index is 2.02. The van der Waals surface area contributed by atoms with Crippen molar-refractivity contribution in [3.05, 3.63) is 64.7 Å². The van der Waals surface area contributed by atoms with Crippen LogP contribution in [0.25, 0.3) is 0 Å². The highest BCUT2D eigenvalue weighted by Crippen LogP contribution is 2.22. The van der Waals surface area contributed by atoms with Crippen LogP contribution in [0.1, 0.15) is 17.2 Å². The molecule has 0 radical (unpaired) electrons. The lowest BCUT2D eigenvalue weighted by Crippen LogP contribution is -2.23. The van der Waals surface area contributed by atoms with Crippen LogP contribution in [0.5, 0.6) is 5.75 Å². The van der Waals surface area contributed by atoms with Gasteiger partial charge in [0.15, 0.2) is 0 Å². The number of ether oxygens (including phenoxy) is 1. The van der Waals surface area contributed by atoms with Gasteiger partial charge in [-0.1, -0.05) is 41.9 Å². The van der Waals surface area contributed by atoms with E-state index in [1.807, 2.05) is 50.4 Å². The highest BCUT2D eigenvalue weighted by molar-refractivity contribution is 6.31. The van der Waals surface area contributed by atoms with Gasteiger partial charge in [-0.25, -0.2) is 0 Å². The van der Waals surface area contributed by atoms with Crippen molar-refractivity contribution in [2.45, 2.75) is 13.0 Å². The minimum absolute atomic E-state index is 0.178. The highest BCUT2D eigenvalue weighted by atomic mass is 35.5. The van der Waals surface area contributed by atoms with Crippen LogP contribution >= 0.6 is 11.6 Å². The van der Waals surface area contributed by atoms with Crippen molar-refractivity contribution in [1.29, 1.82) is 0 Å². The number of benzene rings is 2. The molecule has 0 saturated heterocycles. The second kappa shape index (κ2) is 6.60. The average molecular weight is 276 g/mol. The zero-order chi connectivity index (χ0) is 13.7. The number of likely N-dealkylation sites (N-methyl/N-ethyl adjacent to an activating group) is 1. The Morgan fingerprint density at radius 1 is 1.16 bits per heavy atom. The topological polar surface area (TPSA) is 21.3 Å². The SMILES string of the molecule is CNC(COc1ccc(Cl)c(C)c1)c1ccccc1. The Morgan fingerprint density at radius 2 is 1.89 bits per heavy atom. The maximum absolute atomic E-state index is 6.00. The predicted octanol–water partition coefficient (Wildman–Crippen LogP) is 3.99. The van der Waals surface area contributed by atoms with E-state index in [2.05, 4.69) is 17.4 Å². The first-order valence-electron chi connectivity index (χ1n) is 6.32. The number of rotatable bonds is 5. The fourth-order valence-corrected chi connectivity index (χ4v) is 2.04. The summed E-state index contributed by atoms with van der Waals surface area (Å²) in [6.07, 6.45) is 0. The molecule has 0 bridgehead atoms. The molecule has 0 aromatic heterocycles. The van der Waals surface area contributed by atoms with Crippen LogP contribution in [0.4, 0.5) is 0 Å². The number of halogens is 1. The van der Waals surface area contributed by atoms with Gasteiger partial charge in [0.1, 0.15) is 12.4 Å². The zero-order valence-electron chi connectivity index (χ0n) is 11.2. The molecular formula is C16H18ClNO. The molecule has 2 rings (SSSR count). The molecule has 0 heterocycles. The summed E-state index contributed by atoms with van der Waals surface area (Å²) in [7, 11) is 1.94. The summed E-state index contributed by atoms with van der Waals surface area (Å²) in [5, 5.41) is 4.03. The van der Waals surface area contributed by atoms with E-state index in [4.69, 9.17) is 16.3 Å². The molecule has 0 fully saturated rings. The molecule has 0 saturated carbocycles. The van der Waals surface area contributed by atoms with Crippen molar-refractivity contribution < 1.29 is 4.74 Å². The molecule has 1 N–H and O–H groups in total. The molecule has 3 heteroatoms. The normalized spacial score (nSPS) is 12.2. The van der Waals surface area contributed by atoms with Gasteiger partial charge >= 0.3 is 0 Å². The predicted molar refractivity (Wildman–Crippen MR) is 79.9 cm³/mol. The van der Waals surface area contributed by atoms with E-state index in [1.165, 1.54) is 5.56 Å². The lowest BCUT2D eigenvalue weighted by atomic mass is 10.1. The van der Waals surface area contributed by atoms with E-state index in [1.54, 1.807) is 0 Å². The fraction of sp³-hybridized carbons (Fsp3) is 0.250. The monoisotopic (exact) mass is 275 g/mol. The number of aryl methyl sites for hydroxylation is 1. The third-order valence-corrected chi connectivity index (χ3v) is 3.52. The molecule has 2 aromatic rings. The van der Waals surface area contributed by atoms with Gasteiger partial charge in [0.25, 0.3) is 0 Å². The Hall–Kier alpha value is -1.51. The lowest BCUT2D eigenvalue weighted by molar-refractivity contribution is 0.273. The minimum Gasteiger partial charge on any atom is -0.492 e. The van der Waals surface area contributed by atoms with Crippen LogP contribution in [0, 0.1) is 6.92 Å². The number of hydrogen-bond donors (Lipinski definition) is 1. The summed E-state index contributed by atoms with van der Waals surface area (Å²) in [6, 6.07) is 16.2. The van der Waals surface area contributed by atoms with Crippen molar-refractivity contribution in [3.63, 3.8) is 0 Å². The van der Waals surface area contributed by atoms with Crippen molar-refractivity contribution in [2.24, 2.45) is 0 Å². The molecule has 1 atom stereocenters. The third kappa shape index (κ3) is 3.72. The van der Waals surface area contributed by atoms with Gasteiger partial charge in [-0.3, -0.25) is 0 Å². The molecule has 19 heavy (non-hydrogen) atoms. The molecule has 0 aliphatic rings. The van der Waals surface area contributed by atoms with Gasteiger partial charge in [-0.2, -0.15) is 0 Å². The molecule has 0 aliphatic heterocycles. The smallest absolute Gasteiger partial charge is 0.119 e. The third-order valence-electron chi connectivity index (χ3n) is 3.10. The fourth-order valence-electron chi connectivity index (χ4n) is 1.92. The summed E-state index contributed by atoms with van der Waals surface area (Å²) in [5.41, 5.74) is 2.25. The average Bonchev–Trinajstić information content (AvgIpc) is 2.44. The largest absolute Gasteiger partial charge is 0.492 e. The zero-order valence-corrected chi connectivity index (χ0v) is 11.9. The van der Waals surface area contributed by atoms with Crippen molar-refractivity contribution >= 4 is 11.6 Å². The minimum atomic E-state index is 0.178. The van der Waals surface area contributed by atoms with E-state index in [0.717, 1.165) is 16.3 Å². The standard InChI is InChI=1S/C16H18ClNO/c1-12-10-14(8-9-15(12)17)19-11-16(18-2)13-6-4-3-5-7-13/h3-10,16,18H,11H2,1-2H3. The number of nitrogens with one attached hydrogen (secondary N) is 1. The maximum Gasteiger partial charge on any atom is 0.119 e. The van der Waals surface area contributed by atoms with Crippen LogP contribution < -0.4 is 10.1 Å². The first kappa shape index (κ1) is 13.9. The van der Waals surface area contributed by atoms with Gasteiger partial charge in [0.05, 0.1) is 6.04 Å². The first-order chi connectivity index (χ1) is 9.20. The molecule has 100 valence electrons. The van der Waals surface area contributed by atoms with Crippen molar-refractivity contribution in [3.8, 4) is 5.75 Å². The van der Waals surface area contributed by atoms with Gasteiger partial charge in [0.2, 0.25) is 0 Å². The summed E-state index contributed by atoms with van der Waals surface area (Å²) >= 11 is 6.00. The summed E-state index contributed by atoms with van der Waals surface area (Å²) < 4.78 is 5.83. The molecule has 2 nitrogen and oxygen atoms in total. The quantitative estimate of drug-likeness (QED) is 0.891.